The van der Waals surface area contributed by atoms with Gasteiger partial charge in [0.05, 0.1) is 24.2 Å². The van der Waals surface area contributed by atoms with Crippen molar-refractivity contribution in [2.24, 2.45) is 5.73 Å². The van der Waals surface area contributed by atoms with Crippen LogP contribution in [0.5, 0.6) is 0 Å². The van der Waals surface area contributed by atoms with Crippen LogP contribution in [-0.2, 0) is 4.79 Å². The molecule has 0 radical (unpaired) electrons. The Morgan fingerprint density at radius 1 is 1.58 bits per heavy atom. The average Bonchev–Trinajstić information content (AvgIpc) is 2.61. The van der Waals surface area contributed by atoms with Gasteiger partial charge in [-0.05, 0) is 26.3 Å². The maximum atomic E-state index is 12.3. The number of nitrogens with two attached hydrogens (primary N) is 1. The van der Waals surface area contributed by atoms with Crippen molar-refractivity contribution in [3.8, 4) is 0 Å². The highest BCUT2D eigenvalue weighted by Gasteiger charge is 2.37. The molecule has 1 aliphatic rings. The van der Waals surface area contributed by atoms with Gasteiger partial charge in [-0.1, -0.05) is 0 Å². The zero-order valence-electron chi connectivity index (χ0n) is 11.6. The molecule has 1 rings (SSSR count). The number of hydrogen-bond acceptors (Lipinski definition) is 4. The summed E-state index contributed by atoms with van der Waals surface area (Å²) in [6.45, 7) is 6.42. The summed E-state index contributed by atoms with van der Waals surface area (Å²) in [6, 6.07) is 0. The van der Waals surface area contributed by atoms with Gasteiger partial charge >= 0.3 is 0 Å². The molecule has 1 fully saturated rings. The quantitative estimate of drug-likeness (QED) is 0.663. The van der Waals surface area contributed by atoms with Crippen molar-refractivity contribution in [3.05, 3.63) is 23.7 Å². The van der Waals surface area contributed by atoms with Crippen molar-refractivity contribution in [2.45, 2.75) is 26.3 Å². The standard InChI is InChI=1S/C13H21FN4O/c1-13(2,3)18-8-11(16)10(12(18)19)7-17-6-9(4-14)5-15/h4,7,16-17H,5-6,8,15H2,1-3H3/b9-4+,10-7+,16-11?. The molecular formula is C13H21FN4O. The van der Waals surface area contributed by atoms with E-state index in [2.05, 4.69) is 5.32 Å². The third-order valence-corrected chi connectivity index (χ3v) is 2.92. The number of rotatable bonds is 4. The van der Waals surface area contributed by atoms with Crippen molar-refractivity contribution in [3.63, 3.8) is 0 Å². The second-order valence-corrected chi connectivity index (χ2v) is 5.45. The minimum atomic E-state index is -0.319. The monoisotopic (exact) mass is 268 g/mol. The molecule has 1 saturated heterocycles. The van der Waals surface area contributed by atoms with Gasteiger partial charge < -0.3 is 21.4 Å². The molecule has 19 heavy (non-hydrogen) atoms. The molecule has 0 aromatic rings. The first kappa shape index (κ1) is 15.4. The van der Waals surface area contributed by atoms with Crippen molar-refractivity contribution >= 4 is 11.6 Å². The number of carbonyl (C=O) groups is 1. The van der Waals surface area contributed by atoms with Crippen LogP contribution in [0.2, 0.25) is 0 Å². The molecule has 1 aliphatic heterocycles. The summed E-state index contributed by atoms with van der Waals surface area (Å²) in [5.41, 5.74) is 6.00. The van der Waals surface area contributed by atoms with E-state index >= 15 is 0 Å². The van der Waals surface area contributed by atoms with E-state index in [0.29, 0.717) is 24.0 Å². The largest absolute Gasteiger partial charge is 0.386 e. The van der Waals surface area contributed by atoms with Crippen LogP contribution in [-0.4, -0.2) is 41.7 Å². The van der Waals surface area contributed by atoms with Gasteiger partial charge in [-0.25, -0.2) is 4.39 Å². The molecule has 0 aliphatic carbocycles. The third-order valence-electron chi connectivity index (χ3n) is 2.92. The predicted octanol–water partition coefficient (Wildman–Crippen LogP) is 0.932. The summed E-state index contributed by atoms with van der Waals surface area (Å²) in [6.07, 6.45) is 1.92. The van der Waals surface area contributed by atoms with E-state index in [1.165, 1.54) is 6.20 Å². The van der Waals surface area contributed by atoms with E-state index < -0.39 is 0 Å². The molecule has 0 unspecified atom stereocenters. The number of nitrogens with zero attached hydrogens (tertiary/aromatic N) is 1. The first-order chi connectivity index (χ1) is 8.81. The Kier molecular flexibility index (Phi) is 4.83. The topological polar surface area (TPSA) is 82.2 Å². The number of halogens is 1. The molecule has 0 atom stereocenters. The number of carbonyl (C=O) groups excluding carboxylic acids is 1. The lowest BCUT2D eigenvalue weighted by Gasteiger charge is -2.30. The SMILES string of the molecule is CC(C)(C)N1CC(=N)/C(=C\NC/C(=C/F)CN)C1=O. The highest BCUT2D eigenvalue weighted by Crippen LogP contribution is 2.22. The zero-order chi connectivity index (χ0) is 14.6. The summed E-state index contributed by atoms with van der Waals surface area (Å²) in [7, 11) is 0. The van der Waals surface area contributed by atoms with E-state index in [1.54, 1.807) is 4.90 Å². The lowest BCUT2D eigenvalue weighted by atomic mass is 10.1. The molecule has 0 aromatic heterocycles. The highest BCUT2D eigenvalue weighted by molar-refractivity contribution is 6.26. The Labute approximate surface area is 112 Å². The molecule has 106 valence electrons. The molecule has 1 amide bonds. The van der Waals surface area contributed by atoms with Gasteiger partial charge in [0.25, 0.3) is 5.91 Å². The summed E-state index contributed by atoms with van der Waals surface area (Å²) >= 11 is 0. The molecule has 5 nitrogen and oxygen atoms in total. The number of hydrogen-bond donors (Lipinski definition) is 3. The minimum Gasteiger partial charge on any atom is -0.386 e. The van der Waals surface area contributed by atoms with Gasteiger partial charge in [0, 0.05) is 24.8 Å². The van der Waals surface area contributed by atoms with E-state index in [-0.39, 0.29) is 30.2 Å². The fourth-order valence-electron chi connectivity index (χ4n) is 1.72. The Bertz CT molecular complexity index is 434. The van der Waals surface area contributed by atoms with Gasteiger partial charge in [-0.2, -0.15) is 0 Å². The normalized spacial score (nSPS) is 19.5. The summed E-state index contributed by atoms with van der Waals surface area (Å²) in [5, 5.41) is 10.7. The van der Waals surface area contributed by atoms with Gasteiger partial charge in [0.15, 0.2) is 0 Å². The highest BCUT2D eigenvalue weighted by atomic mass is 19.1. The summed E-state index contributed by atoms with van der Waals surface area (Å²) in [5.74, 6) is -0.177. The van der Waals surface area contributed by atoms with Gasteiger partial charge in [0.2, 0.25) is 0 Å². The first-order valence-corrected chi connectivity index (χ1v) is 6.12. The van der Waals surface area contributed by atoms with Crippen molar-refractivity contribution in [2.75, 3.05) is 19.6 Å². The lowest BCUT2D eigenvalue weighted by molar-refractivity contribution is -0.128. The minimum absolute atomic E-state index is 0.117. The molecule has 0 bridgehead atoms. The van der Waals surface area contributed by atoms with Crippen LogP contribution in [0.25, 0.3) is 0 Å². The van der Waals surface area contributed by atoms with Gasteiger partial charge in [0.1, 0.15) is 0 Å². The first-order valence-electron chi connectivity index (χ1n) is 6.12. The van der Waals surface area contributed by atoms with Crippen molar-refractivity contribution < 1.29 is 9.18 Å². The van der Waals surface area contributed by atoms with Crippen LogP contribution in [0.15, 0.2) is 23.7 Å². The van der Waals surface area contributed by atoms with Crippen LogP contribution in [0.4, 0.5) is 4.39 Å². The van der Waals surface area contributed by atoms with E-state index in [9.17, 15) is 9.18 Å². The molecule has 0 aromatic carbocycles. The Morgan fingerprint density at radius 2 is 2.21 bits per heavy atom. The number of likely N-dealkylation sites (tertiary alicyclic amines) is 1. The molecule has 0 spiro atoms. The zero-order valence-corrected chi connectivity index (χ0v) is 11.6. The second kappa shape index (κ2) is 5.97. The molecule has 4 N–H and O–H groups in total. The van der Waals surface area contributed by atoms with Gasteiger partial charge in [-0.3, -0.25) is 4.79 Å². The van der Waals surface area contributed by atoms with Crippen LogP contribution in [0.1, 0.15) is 20.8 Å². The van der Waals surface area contributed by atoms with E-state index in [1.807, 2.05) is 20.8 Å². The Hall–Kier alpha value is -1.69. The van der Waals surface area contributed by atoms with Crippen LogP contribution < -0.4 is 11.1 Å². The van der Waals surface area contributed by atoms with E-state index in [0.717, 1.165) is 0 Å². The maximum Gasteiger partial charge on any atom is 0.258 e. The van der Waals surface area contributed by atoms with Crippen LogP contribution in [0.3, 0.4) is 0 Å². The average molecular weight is 268 g/mol. The fraction of sp³-hybridized carbons (Fsp3) is 0.538. The van der Waals surface area contributed by atoms with Crippen LogP contribution >= 0.6 is 0 Å². The predicted molar refractivity (Wildman–Crippen MR) is 73.5 cm³/mol. The summed E-state index contributed by atoms with van der Waals surface area (Å²) < 4.78 is 12.3. The maximum absolute atomic E-state index is 12.3. The fourth-order valence-corrected chi connectivity index (χ4v) is 1.72. The molecular weight excluding hydrogens is 247 g/mol. The Balaban J connectivity index is 2.74. The number of amides is 1. The van der Waals surface area contributed by atoms with Crippen molar-refractivity contribution in [1.82, 2.24) is 10.2 Å². The van der Waals surface area contributed by atoms with Crippen LogP contribution in [0, 0.1) is 5.41 Å². The second-order valence-electron chi connectivity index (χ2n) is 5.45. The molecule has 1 heterocycles. The third kappa shape index (κ3) is 3.64. The van der Waals surface area contributed by atoms with E-state index in [4.69, 9.17) is 11.1 Å². The van der Waals surface area contributed by atoms with Crippen molar-refractivity contribution in [1.29, 1.82) is 5.41 Å². The molecule has 6 heteroatoms. The lowest BCUT2D eigenvalue weighted by Crippen LogP contribution is -2.42. The molecule has 0 saturated carbocycles. The Morgan fingerprint density at radius 3 is 2.63 bits per heavy atom. The number of nitrogens with one attached hydrogen (secondary N) is 2. The summed E-state index contributed by atoms with van der Waals surface area (Å²) in [4.78, 5) is 13.8. The van der Waals surface area contributed by atoms with Gasteiger partial charge in [-0.15, -0.1) is 0 Å². The smallest absolute Gasteiger partial charge is 0.258 e.